The lowest BCUT2D eigenvalue weighted by atomic mass is 9.88. The third-order valence-corrected chi connectivity index (χ3v) is 7.32. The molecule has 3 aromatic rings. The molecule has 0 aliphatic carbocycles. The van der Waals surface area contributed by atoms with Crippen LogP contribution in [0.2, 0.25) is 0 Å². The van der Waals surface area contributed by atoms with Crippen LogP contribution >= 0.6 is 0 Å². The highest BCUT2D eigenvalue weighted by Crippen LogP contribution is 2.44. The topological polar surface area (TPSA) is 43.5 Å². The number of benzene rings is 2. The number of aromatic amines is 1. The fraction of sp³-hybridized carbons (Fsp3) is 0.481. The summed E-state index contributed by atoms with van der Waals surface area (Å²) in [5.41, 5.74) is 4.33. The highest BCUT2D eigenvalue weighted by molar-refractivity contribution is 5.85. The van der Waals surface area contributed by atoms with E-state index >= 15 is 0 Å². The van der Waals surface area contributed by atoms with Gasteiger partial charge in [0.1, 0.15) is 5.75 Å². The summed E-state index contributed by atoms with van der Waals surface area (Å²) in [7, 11) is 0. The van der Waals surface area contributed by atoms with Gasteiger partial charge in [-0.2, -0.15) is 0 Å². The molecule has 2 N–H and O–H groups in total. The molecule has 2 aliphatic heterocycles. The molecule has 1 unspecified atom stereocenters. The molecular weight excluding hydrogens is 472 g/mol. The predicted octanol–water partition coefficient (Wildman–Crippen LogP) is 5.53. The van der Waals surface area contributed by atoms with Crippen molar-refractivity contribution < 1.29 is 22.3 Å². The van der Waals surface area contributed by atoms with Crippen molar-refractivity contribution in [1.29, 1.82) is 0 Å². The molecule has 0 spiro atoms. The SMILES string of the molecule is C[C@@H]1Cc2c([nH]c3ccccc23)C(c2ccc(NC3CN(CCCF)C3)cc2OCF)N1CC(F)F. The van der Waals surface area contributed by atoms with Crippen LogP contribution in [0, 0.1) is 0 Å². The maximum Gasteiger partial charge on any atom is 0.251 e. The molecule has 194 valence electrons. The zero-order valence-corrected chi connectivity index (χ0v) is 20.3. The van der Waals surface area contributed by atoms with Crippen molar-refractivity contribution >= 4 is 16.6 Å². The summed E-state index contributed by atoms with van der Waals surface area (Å²) >= 11 is 0. The van der Waals surface area contributed by atoms with Crippen molar-refractivity contribution in [2.75, 3.05) is 45.0 Å². The van der Waals surface area contributed by atoms with Gasteiger partial charge in [0.25, 0.3) is 6.43 Å². The minimum atomic E-state index is -2.51. The molecule has 5 rings (SSSR count). The molecule has 9 heteroatoms. The molecule has 0 amide bonds. The quantitative estimate of drug-likeness (QED) is 0.357. The van der Waals surface area contributed by atoms with Crippen LogP contribution in [-0.4, -0.2) is 73.0 Å². The Morgan fingerprint density at radius 2 is 1.94 bits per heavy atom. The highest BCUT2D eigenvalue weighted by Gasteiger charge is 2.38. The van der Waals surface area contributed by atoms with E-state index in [0.29, 0.717) is 24.2 Å². The molecule has 1 fully saturated rings. The molecule has 1 saturated heterocycles. The van der Waals surface area contributed by atoms with Gasteiger partial charge in [-0.3, -0.25) is 14.2 Å². The first-order valence-electron chi connectivity index (χ1n) is 12.5. The van der Waals surface area contributed by atoms with Crippen LogP contribution in [0.4, 0.5) is 23.2 Å². The molecule has 0 radical (unpaired) electrons. The Morgan fingerprint density at radius 1 is 1.14 bits per heavy atom. The zero-order chi connectivity index (χ0) is 25.2. The number of hydrogen-bond donors (Lipinski definition) is 2. The number of aromatic nitrogens is 1. The number of ether oxygens (including phenoxy) is 1. The van der Waals surface area contributed by atoms with E-state index in [1.807, 2.05) is 43.3 Å². The molecule has 5 nitrogen and oxygen atoms in total. The van der Waals surface area contributed by atoms with Crippen LogP contribution in [0.5, 0.6) is 5.75 Å². The number of rotatable bonds is 10. The second kappa shape index (κ2) is 10.7. The van der Waals surface area contributed by atoms with Gasteiger partial charge < -0.3 is 15.0 Å². The number of hydrogen-bond acceptors (Lipinski definition) is 4. The Bertz CT molecular complexity index is 1180. The maximum atomic E-state index is 13.7. The number of para-hydroxylation sites is 1. The van der Waals surface area contributed by atoms with Gasteiger partial charge >= 0.3 is 0 Å². The zero-order valence-electron chi connectivity index (χ0n) is 20.3. The Kier molecular flexibility index (Phi) is 7.39. The van der Waals surface area contributed by atoms with Gasteiger partial charge in [-0.25, -0.2) is 13.2 Å². The first-order chi connectivity index (χ1) is 17.5. The van der Waals surface area contributed by atoms with Crippen LogP contribution in [-0.2, 0) is 6.42 Å². The average molecular weight is 505 g/mol. The summed E-state index contributed by atoms with van der Waals surface area (Å²) in [4.78, 5) is 7.42. The number of nitrogens with one attached hydrogen (secondary N) is 2. The van der Waals surface area contributed by atoms with E-state index in [1.54, 1.807) is 11.0 Å². The molecule has 0 bridgehead atoms. The number of alkyl halides is 4. The molecule has 0 saturated carbocycles. The van der Waals surface area contributed by atoms with Gasteiger partial charge in [0.05, 0.1) is 25.3 Å². The van der Waals surface area contributed by atoms with Crippen molar-refractivity contribution in [2.45, 2.75) is 44.3 Å². The normalized spacial score (nSPS) is 21.1. The van der Waals surface area contributed by atoms with Crippen molar-refractivity contribution in [2.24, 2.45) is 0 Å². The average Bonchev–Trinajstić information content (AvgIpc) is 3.19. The Morgan fingerprint density at radius 3 is 2.69 bits per heavy atom. The molecule has 1 aromatic heterocycles. The Labute approximate surface area is 208 Å². The molecule has 3 heterocycles. The number of fused-ring (bicyclic) bond motifs is 3. The number of H-pyrrole nitrogens is 1. The summed E-state index contributed by atoms with van der Waals surface area (Å²) < 4.78 is 58.7. The summed E-state index contributed by atoms with van der Waals surface area (Å²) in [6, 6.07) is 13.0. The van der Waals surface area contributed by atoms with Gasteiger partial charge in [0.15, 0.2) is 0 Å². The second-order valence-electron chi connectivity index (χ2n) is 9.76. The number of halogens is 4. The second-order valence-corrected chi connectivity index (χ2v) is 9.76. The number of anilines is 1. The van der Waals surface area contributed by atoms with E-state index in [2.05, 4.69) is 15.2 Å². The van der Waals surface area contributed by atoms with Gasteiger partial charge in [-0.05, 0) is 37.5 Å². The Hall–Kier alpha value is -2.78. The largest absolute Gasteiger partial charge is 0.462 e. The standard InChI is InChI=1S/C27H32F4N4O/c1-17-11-22-20-5-2-3-6-23(20)33-26(22)27(35(17)15-25(30)31)21-8-7-18(12-24(21)36-16-29)32-19-13-34(14-19)10-4-9-28/h2-3,5-8,12,17,19,25,27,32-33H,4,9-11,13-16H2,1H3/t17-,27?/m1/s1. The maximum absolute atomic E-state index is 13.7. The summed E-state index contributed by atoms with van der Waals surface area (Å²) in [6.07, 6.45) is -1.34. The lowest BCUT2D eigenvalue weighted by Gasteiger charge is -2.41. The van der Waals surface area contributed by atoms with Crippen molar-refractivity contribution in [1.82, 2.24) is 14.8 Å². The lowest BCUT2D eigenvalue weighted by Crippen LogP contribution is -2.54. The van der Waals surface area contributed by atoms with Crippen molar-refractivity contribution in [3.8, 4) is 5.75 Å². The first kappa shape index (κ1) is 24.9. The molecule has 2 aromatic carbocycles. The number of nitrogens with zero attached hydrogens (tertiary/aromatic N) is 2. The van der Waals surface area contributed by atoms with Crippen LogP contribution in [0.1, 0.15) is 36.2 Å². The molecule has 2 atom stereocenters. The fourth-order valence-electron chi connectivity index (χ4n) is 5.68. The van der Waals surface area contributed by atoms with Crippen LogP contribution in [0.25, 0.3) is 10.9 Å². The third-order valence-electron chi connectivity index (χ3n) is 7.32. The minimum Gasteiger partial charge on any atom is -0.462 e. The van der Waals surface area contributed by atoms with E-state index < -0.39 is 25.9 Å². The molecule has 36 heavy (non-hydrogen) atoms. The van der Waals surface area contributed by atoms with Gasteiger partial charge in [0.2, 0.25) is 6.86 Å². The highest BCUT2D eigenvalue weighted by atomic mass is 19.3. The third kappa shape index (κ3) is 4.91. The monoisotopic (exact) mass is 504 g/mol. The fourth-order valence-corrected chi connectivity index (χ4v) is 5.68. The van der Waals surface area contributed by atoms with Gasteiger partial charge in [-0.15, -0.1) is 0 Å². The van der Waals surface area contributed by atoms with Crippen LogP contribution in [0.15, 0.2) is 42.5 Å². The van der Waals surface area contributed by atoms with Gasteiger partial charge in [-0.1, -0.05) is 24.3 Å². The Balaban J connectivity index is 1.48. The predicted molar refractivity (Wildman–Crippen MR) is 134 cm³/mol. The van der Waals surface area contributed by atoms with Crippen LogP contribution in [0.3, 0.4) is 0 Å². The van der Waals surface area contributed by atoms with Crippen LogP contribution < -0.4 is 10.1 Å². The van der Waals surface area contributed by atoms with E-state index in [0.717, 1.165) is 47.5 Å². The van der Waals surface area contributed by atoms with Crippen molar-refractivity contribution in [3.05, 3.63) is 59.3 Å². The lowest BCUT2D eigenvalue weighted by molar-refractivity contribution is 0.0444. The summed E-state index contributed by atoms with van der Waals surface area (Å²) in [5.74, 6) is 0.332. The van der Waals surface area contributed by atoms with E-state index in [9.17, 15) is 17.6 Å². The van der Waals surface area contributed by atoms with E-state index in [4.69, 9.17) is 4.74 Å². The molecule has 2 aliphatic rings. The van der Waals surface area contributed by atoms with E-state index in [1.165, 1.54) is 0 Å². The first-order valence-corrected chi connectivity index (χ1v) is 12.5. The van der Waals surface area contributed by atoms with Gasteiger partial charge in [0, 0.05) is 59.6 Å². The summed E-state index contributed by atoms with van der Waals surface area (Å²) in [6.45, 7) is 2.57. The molecular formula is C27H32F4N4O. The summed E-state index contributed by atoms with van der Waals surface area (Å²) in [5, 5.41) is 4.51. The van der Waals surface area contributed by atoms with Crippen molar-refractivity contribution in [3.63, 3.8) is 0 Å². The smallest absolute Gasteiger partial charge is 0.251 e. The number of likely N-dealkylation sites (tertiary alicyclic amines) is 1. The van der Waals surface area contributed by atoms with E-state index in [-0.39, 0.29) is 18.8 Å². The minimum absolute atomic E-state index is 0.142.